The fourth-order valence-corrected chi connectivity index (χ4v) is 3.33. The Labute approximate surface area is 83.1 Å². The SMILES string of the molecule is C[C@]12C[C@@H](O)C[C@](C)(O1)[C@@H]1OCO[C@@H]12. The summed E-state index contributed by atoms with van der Waals surface area (Å²) in [5.41, 5.74) is -0.735. The van der Waals surface area contributed by atoms with Gasteiger partial charge in [-0.05, 0) is 13.8 Å². The van der Waals surface area contributed by atoms with Crippen LogP contribution in [0.5, 0.6) is 0 Å². The smallest absolute Gasteiger partial charge is 0.148 e. The first-order valence-corrected chi connectivity index (χ1v) is 5.15. The molecular formula is C10H16O4. The van der Waals surface area contributed by atoms with Crippen LogP contribution in [-0.4, -0.2) is 41.4 Å². The molecule has 0 aromatic heterocycles. The van der Waals surface area contributed by atoms with Crippen LogP contribution in [0.4, 0.5) is 0 Å². The Bertz CT molecular complexity index is 245. The average Bonchev–Trinajstić information content (AvgIpc) is 2.52. The lowest BCUT2D eigenvalue weighted by atomic mass is 9.92. The van der Waals surface area contributed by atoms with E-state index in [1.165, 1.54) is 0 Å². The molecule has 0 aliphatic carbocycles. The van der Waals surface area contributed by atoms with Crippen molar-refractivity contribution in [3.05, 3.63) is 0 Å². The van der Waals surface area contributed by atoms with Crippen LogP contribution in [0.15, 0.2) is 0 Å². The molecule has 0 unspecified atom stereocenters. The van der Waals surface area contributed by atoms with Crippen molar-refractivity contribution in [1.82, 2.24) is 0 Å². The number of hydrogen-bond donors (Lipinski definition) is 1. The van der Waals surface area contributed by atoms with Gasteiger partial charge in [0, 0.05) is 12.8 Å². The average molecular weight is 200 g/mol. The fraction of sp³-hybridized carbons (Fsp3) is 1.00. The zero-order valence-corrected chi connectivity index (χ0v) is 8.53. The van der Waals surface area contributed by atoms with Crippen LogP contribution in [0.3, 0.4) is 0 Å². The highest BCUT2D eigenvalue weighted by atomic mass is 16.7. The molecule has 3 rings (SSSR count). The Kier molecular flexibility index (Phi) is 1.62. The van der Waals surface area contributed by atoms with Crippen LogP contribution >= 0.6 is 0 Å². The van der Waals surface area contributed by atoms with Gasteiger partial charge in [-0.2, -0.15) is 0 Å². The fourth-order valence-electron chi connectivity index (χ4n) is 3.33. The zero-order valence-electron chi connectivity index (χ0n) is 8.53. The summed E-state index contributed by atoms with van der Waals surface area (Å²) >= 11 is 0. The van der Waals surface area contributed by atoms with Gasteiger partial charge in [-0.1, -0.05) is 0 Å². The minimum Gasteiger partial charge on any atom is -0.393 e. The summed E-state index contributed by atoms with van der Waals surface area (Å²) in [6.45, 7) is 4.37. The molecule has 3 fully saturated rings. The van der Waals surface area contributed by atoms with Crippen LogP contribution in [0.25, 0.3) is 0 Å². The number of rotatable bonds is 0. The van der Waals surface area contributed by atoms with E-state index in [0.717, 1.165) is 0 Å². The molecule has 1 N–H and O–H groups in total. The molecule has 3 heterocycles. The third-order valence-corrected chi connectivity index (χ3v) is 3.72. The lowest BCUT2D eigenvalue weighted by Crippen LogP contribution is -2.47. The third-order valence-electron chi connectivity index (χ3n) is 3.72. The van der Waals surface area contributed by atoms with Crippen LogP contribution < -0.4 is 0 Å². The van der Waals surface area contributed by atoms with E-state index in [-0.39, 0.29) is 29.5 Å². The van der Waals surface area contributed by atoms with E-state index in [4.69, 9.17) is 14.2 Å². The first kappa shape index (κ1) is 9.09. The van der Waals surface area contributed by atoms with Gasteiger partial charge in [0.15, 0.2) is 0 Å². The lowest BCUT2D eigenvalue weighted by molar-refractivity contribution is -0.206. The van der Waals surface area contributed by atoms with E-state index in [0.29, 0.717) is 19.6 Å². The normalized spacial score (nSPS) is 61.5. The van der Waals surface area contributed by atoms with Gasteiger partial charge in [0.1, 0.15) is 19.0 Å². The highest BCUT2D eigenvalue weighted by Crippen LogP contribution is 2.52. The molecule has 5 atom stereocenters. The summed E-state index contributed by atoms with van der Waals surface area (Å²) in [6, 6.07) is 0. The Hall–Kier alpha value is -0.160. The van der Waals surface area contributed by atoms with Crippen molar-refractivity contribution in [3.8, 4) is 0 Å². The molecule has 4 nitrogen and oxygen atoms in total. The maximum absolute atomic E-state index is 9.78. The molecule has 0 saturated carbocycles. The van der Waals surface area contributed by atoms with Crippen LogP contribution in [0, 0.1) is 0 Å². The third kappa shape index (κ3) is 0.972. The van der Waals surface area contributed by atoms with Crippen LogP contribution in [0.1, 0.15) is 26.7 Å². The van der Waals surface area contributed by atoms with Gasteiger partial charge in [-0.15, -0.1) is 0 Å². The van der Waals surface area contributed by atoms with E-state index >= 15 is 0 Å². The maximum atomic E-state index is 9.78. The largest absolute Gasteiger partial charge is 0.393 e. The molecule has 4 heteroatoms. The Morgan fingerprint density at radius 1 is 1.07 bits per heavy atom. The highest BCUT2D eigenvalue weighted by Gasteiger charge is 2.65. The van der Waals surface area contributed by atoms with E-state index < -0.39 is 0 Å². The molecule has 0 aromatic rings. The van der Waals surface area contributed by atoms with Crippen molar-refractivity contribution in [2.45, 2.75) is 56.2 Å². The molecule has 14 heavy (non-hydrogen) atoms. The molecule has 0 amide bonds. The molecule has 0 spiro atoms. The number of ether oxygens (including phenoxy) is 3. The van der Waals surface area contributed by atoms with Crippen molar-refractivity contribution >= 4 is 0 Å². The minimum absolute atomic E-state index is 0.00958. The monoisotopic (exact) mass is 200 g/mol. The first-order valence-electron chi connectivity index (χ1n) is 5.15. The lowest BCUT2D eigenvalue weighted by Gasteiger charge is -2.40. The Morgan fingerprint density at radius 3 is 2.07 bits per heavy atom. The van der Waals surface area contributed by atoms with E-state index in [2.05, 4.69) is 0 Å². The molecule has 0 radical (unpaired) electrons. The molecule has 3 saturated heterocycles. The van der Waals surface area contributed by atoms with Gasteiger partial charge in [-0.3, -0.25) is 0 Å². The standard InChI is InChI=1S/C10H16O4/c1-9-3-6(11)4-10(2,14-9)8-7(9)12-5-13-8/h6-8,11H,3-5H2,1-2H3/t6-,7+,8-,9-,10+. The van der Waals surface area contributed by atoms with Gasteiger partial charge < -0.3 is 19.3 Å². The predicted molar refractivity (Wildman–Crippen MR) is 47.7 cm³/mol. The van der Waals surface area contributed by atoms with Gasteiger partial charge in [-0.25, -0.2) is 0 Å². The minimum atomic E-state index is -0.367. The van der Waals surface area contributed by atoms with E-state index in [1.54, 1.807) is 0 Å². The van der Waals surface area contributed by atoms with Crippen molar-refractivity contribution in [2.75, 3.05) is 6.79 Å². The van der Waals surface area contributed by atoms with Crippen LogP contribution in [-0.2, 0) is 14.2 Å². The molecule has 2 bridgehead atoms. The second-order valence-electron chi connectivity index (χ2n) is 5.08. The summed E-state index contributed by atoms with van der Waals surface area (Å²) in [6.07, 6.45) is 0.978. The van der Waals surface area contributed by atoms with Gasteiger partial charge in [0.05, 0.1) is 17.3 Å². The summed E-state index contributed by atoms with van der Waals surface area (Å²) < 4.78 is 17.1. The van der Waals surface area contributed by atoms with Gasteiger partial charge >= 0.3 is 0 Å². The maximum Gasteiger partial charge on any atom is 0.148 e. The summed E-state index contributed by atoms with van der Waals surface area (Å²) in [7, 11) is 0. The summed E-state index contributed by atoms with van der Waals surface area (Å²) in [5.74, 6) is 0. The molecule has 3 aliphatic heterocycles. The zero-order chi connectivity index (χ0) is 9.97. The second kappa shape index (κ2) is 2.50. The number of aliphatic hydroxyl groups is 1. The second-order valence-corrected chi connectivity index (χ2v) is 5.08. The number of hydrogen-bond acceptors (Lipinski definition) is 4. The predicted octanol–water partition coefficient (Wildman–Crippen LogP) is 0.430. The number of fused-ring (bicyclic) bond motifs is 5. The molecule has 80 valence electrons. The van der Waals surface area contributed by atoms with Gasteiger partial charge in [0.25, 0.3) is 0 Å². The van der Waals surface area contributed by atoms with Gasteiger partial charge in [0.2, 0.25) is 0 Å². The quantitative estimate of drug-likeness (QED) is 0.616. The first-order chi connectivity index (χ1) is 6.54. The van der Waals surface area contributed by atoms with E-state index in [1.807, 2.05) is 13.8 Å². The molecular weight excluding hydrogens is 184 g/mol. The molecule has 3 aliphatic rings. The topological polar surface area (TPSA) is 47.9 Å². The summed E-state index contributed by atoms with van der Waals surface area (Å²) in [4.78, 5) is 0. The van der Waals surface area contributed by atoms with Crippen molar-refractivity contribution in [1.29, 1.82) is 0 Å². The van der Waals surface area contributed by atoms with E-state index in [9.17, 15) is 5.11 Å². The van der Waals surface area contributed by atoms with Crippen molar-refractivity contribution < 1.29 is 19.3 Å². The molecule has 0 aromatic carbocycles. The summed E-state index contributed by atoms with van der Waals surface area (Å²) in [5, 5.41) is 9.78. The van der Waals surface area contributed by atoms with Crippen molar-refractivity contribution in [2.24, 2.45) is 0 Å². The number of aliphatic hydroxyl groups excluding tert-OH is 1. The van der Waals surface area contributed by atoms with Crippen molar-refractivity contribution in [3.63, 3.8) is 0 Å². The Morgan fingerprint density at radius 2 is 1.57 bits per heavy atom. The Balaban J connectivity index is 2.01. The highest BCUT2D eigenvalue weighted by molar-refractivity contribution is 5.13. The van der Waals surface area contributed by atoms with Crippen LogP contribution in [0.2, 0.25) is 0 Å².